The molecule has 0 fully saturated rings. The van der Waals surface area contributed by atoms with E-state index in [1.165, 1.54) is 6.92 Å². The highest BCUT2D eigenvalue weighted by atomic mass is 16.3. The van der Waals surface area contributed by atoms with Crippen LogP contribution in [0.3, 0.4) is 0 Å². The second-order valence-electron chi connectivity index (χ2n) is 4.76. The van der Waals surface area contributed by atoms with Gasteiger partial charge in [-0.25, -0.2) is 0 Å². The van der Waals surface area contributed by atoms with Crippen LogP contribution in [0.4, 0.5) is 5.69 Å². The molecule has 0 saturated carbocycles. The number of aliphatic hydroxyl groups is 1. The van der Waals surface area contributed by atoms with E-state index in [1.54, 1.807) is 18.2 Å². The van der Waals surface area contributed by atoms with Crippen LogP contribution in [0, 0.1) is 17.2 Å². The molecule has 0 aromatic heterocycles. The fraction of sp³-hybridized carbons (Fsp3) is 0.467. The van der Waals surface area contributed by atoms with Crippen LogP contribution in [0.2, 0.25) is 0 Å². The molecule has 0 heterocycles. The highest BCUT2D eigenvalue weighted by molar-refractivity contribution is 5.95. The highest BCUT2D eigenvalue weighted by Gasteiger charge is 2.13. The number of rotatable bonds is 6. The van der Waals surface area contributed by atoms with Crippen LogP contribution < -0.4 is 5.32 Å². The maximum atomic E-state index is 11.3. The van der Waals surface area contributed by atoms with E-state index >= 15 is 0 Å². The maximum absolute atomic E-state index is 11.3. The molecule has 0 aliphatic rings. The van der Waals surface area contributed by atoms with Crippen LogP contribution in [-0.4, -0.2) is 23.5 Å². The van der Waals surface area contributed by atoms with Crippen molar-refractivity contribution in [3.05, 3.63) is 29.3 Å². The number of carbonyl (C=O) groups excluding carboxylic acids is 1. The van der Waals surface area contributed by atoms with Crippen molar-refractivity contribution in [3.8, 4) is 6.07 Å². The molecule has 0 bridgehead atoms. The molecule has 0 aliphatic carbocycles. The first-order valence-corrected chi connectivity index (χ1v) is 6.46. The molecule has 2 unspecified atom stereocenters. The van der Waals surface area contributed by atoms with Gasteiger partial charge in [0, 0.05) is 12.1 Å². The van der Waals surface area contributed by atoms with E-state index in [4.69, 9.17) is 5.26 Å². The van der Waals surface area contributed by atoms with E-state index in [9.17, 15) is 9.90 Å². The minimum absolute atomic E-state index is 0.0463. The van der Waals surface area contributed by atoms with Crippen LogP contribution in [0.25, 0.3) is 0 Å². The molecule has 102 valence electrons. The Bertz CT molecular complexity index is 491. The number of ketones is 1. The molecule has 2 atom stereocenters. The Labute approximate surface area is 114 Å². The average Bonchev–Trinajstić information content (AvgIpc) is 2.43. The van der Waals surface area contributed by atoms with Crippen LogP contribution in [0.1, 0.15) is 43.1 Å². The summed E-state index contributed by atoms with van der Waals surface area (Å²) >= 11 is 0. The quantitative estimate of drug-likeness (QED) is 0.771. The molecule has 0 spiro atoms. The Balaban J connectivity index is 2.84. The number of Topliss-reactive ketones (excluding diaryl/α,β-unsaturated/α-hetero) is 1. The van der Waals surface area contributed by atoms with Gasteiger partial charge in [0.05, 0.1) is 17.4 Å². The molecule has 1 aromatic rings. The normalized spacial score (nSPS) is 13.4. The number of carbonyl (C=O) groups is 1. The topological polar surface area (TPSA) is 73.1 Å². The standard InChI is InChI=1S/C15H20N2O2/c1-4-10(2)15(19)9-17-14-7-12(11(3)18)5-6-13(14)8-16/h5-7,10,15,17,19H,4,9H2,1-3H3. The van der Waals surface area contributed by atoms with Gasteiger partial charge in [-0.2, -0.15) is 5.26 Å². The lowest BCUT2D eigenvalue weighted by molar-refractivity contribution is 0.101. The van der Waals surface area contributed by atoms with Crippen LogP contribution in [-0.2, 0) is 0 Å². The Morgan fingerprint density at radius 1 is 1.53 bits per heavy atom. The monoisotopic (exact) mass is 260 g/mol. The van der Waals surface area contributed by atoms with Crippen molar-refractivity contribution in [2.75, 3.05) is 11.9 Å². The van der Waals surface area contributed by atoms with Crippen molar-refractivity contribution in [2.24, 2.45) is 5.92 Å². The van der Waals surface area contributed by atoms with E-state index in [1.807, 2.05) is 13.8 Å². The number of nitrogens with one attached hydrogen (secondary N) is 1. The second-order valence-corrected chi connectivity index (χ2v) is 4.76. The summed E-state index contributed by atoms with van der Waals surface area (Å²) in [5, 5.41) is 22.0. The molecule has 1 rings (SSSR count). The molecular formula is C15H20N2O2. The second kappa shape index (κ2) is 6.91. The molecule has 0 aliphatic heterocycles. The fourth-order valence-corrected chi connectivity index (χ4v) is 1.69. The van der Waals surface area contributed by atoms with Gasteiger partial charge in [0.2, 0.25) is 0 Å². The lowest BCUT2D eigenvalue weighted by Crippen LogP contribution is -2.26. The van der Waals surface area contributed by atoms with Crippen LogP contribution >= 0.6 is 0 Å². The molecule has 1 aromatic carbocycles. The third-order valence-electron chi connectivity index (χ3n) is 3.35. The Hall–Kier alpha value is -1.86. The Morgan fingerprint density at radius 3 is 2.74 bits per heavy atom. The summed E-state index contributed by atoms with van der Waals surface area (Å²) in [5.74, 6) is 0.143. The molecule has 4 heteroatoms. The number of anilines is 1. The molecule has 4 nitrogen and oxygen atoms in total. The fourth-order valence-electron chi connectivity index (χ4n) is 1.69. The maximum Gasteiger partial charge on any atom is 0.159 e. The zero-order chi connectivity index (χ0) is 14.4. The van der Waals surface area contributed by atoms with Crippen molar-refractivity contribution in [3.63, 3.8) is 0 Å². The lowest BCUT2D eigenvalue weighted by Gasteiger charge is -2.19. The summed E-state index contributed by atoms with van der Waals surface area (Å²) in [4.78, 5) is 11.3. The Morgan fingerprint density at radius 2 is 2.21 bits per heavy atom. The van der Waals surface area contributed by atoms with Gasteiger partial charge in [-0.05, 0) is 31.0 Å². The highest BCUT2D eigenvalue weighted by Crippen LogP contribution is 2.18. The zero-order valence-corrected chi connectivity index (χ0v) is 11.6. The molecule has 0 saturated heterocycles. The number of nitrogens with zero attached hydrogens (tertiary/aromatic N) is 1. The summed E-state index contributed by atoms with van der Waals surface area (Å²) < 4.78 is 0. The van der Waals surface area contributed by atoms with Gasteiger partial charge in [-0.1, -0.05) is 20.3 Å². The van der Waals surface area contributed by atoms with Crippen molar-refractivity contribution < 1.29 is 9.90 Å². The van der Waals surface area contributed by atoms with Crippen LogP contribution in [0.15, 0.2) is 18.2 Å². The summed E-state index contributed by atoms with van der Waals surface area (Å²) in [6.45, 7) is 5.85. The van der Waals surface area contributed by atoms with E-state index in [-0.39, 0.29) is 11.7 Å². The van der Waals surface area contributed by atoms with Crippen molar-refractivity contribution >= 4 is 11.5 Å². The van der Waals surface area contributed by atoms with Gasteiger partial charge < -0.3 is 10.4 Å². The predicted octanol–water partition coefficient (Wildman–Crippen LogP) is 2.58. The lowest BCUT2D eigenvalue weighted by atomic mass is 10.0. The molecule has 0 amide bonds. The van der Waals surface area contributed by atoms with Gasteiger partial charge in [0.25, 0.3) is 0 Å². The summed E-state index contributed by atoms with van der Waals surface area (Å²) in [6, 6.07) is 6.99. The molecule has 19 heavy (non-hydrogen) atoms. The molecule has 0 radical (unpaired) electrons. The van der Waals surface area contributed by atoms with E-state index < -0.39 is 6.10 Å². The van der Waals surface area contributed by atoms with E-state index in [0.29, 0.717) is 23.4 Å². The largest absolute Gasteiger partial charge is 0.391 e. The van der Waals surface area contributed by atoms with Crippen molar-refractivity contribution in [2.45, 2.75) is 33.3 Å². The summed E-state index contributed by atoms with van der Waals surface area (Å²) in [7, 11) is 0. The van der Waals surface area contributed by atoms with E-state index in [0.717, 1.165) is 6.42 Å². The smallest absolute Gasteiger partial charge is 0.159 e. The van der Waals surface area contributed by atoms with Crippen molar-refractivity contribution in [1.82, 2.24) is 0 Å². The van der Waals surface area contributed by atoms with Gasteiger partial charge in [-0.15, -0.1) is 0 Å². The number of aliphatic hydroxyl groups excluding tert-OH is 1. The van der Waals surface area contributed by atoms with Crippen molar-refractivity contribution in [1.29, 1.82) is 5.26 Å². The average molecular weight is 260 g/mol. The summed E-state index contributed by atoms with van der Waals surface area (Å²) in [6.07, 6.45) is 0.416. The number of benzene rings is 1. The van der Waals surface area contributed by atoms with Gasteiger partial charge in [0.1, 0.15) is 6.07 Å². The van der Waals surface area contributed by atoms with E-state index in [2.05, 4.69) is 11.4 Å². The number of nitriles is 1. The SMILES string of the molecule is CCC(C)C(O)CNc1cc(C(C)=O)ccc1C#N. The minimum atomic E-state index is -0.475. The first-order valence-electron chi connectivity index (χ1n) is 6.46. The van der Waals surface area contributed by atoms with Gasteiger partial charge >= 0.3 is 0 Å². The zero-order valence-electron chi connectivity index (χ0n) is 11.6. The predicted molar refractivity (Wildman–Crippen MR) is 75.1 cm³/mol. The Kier molecular flexibility index (Phi) is 5.53. The number of hydrogen-bond donors (Lipinski definition) is 2. The third-order valence-corrected chi connectivity index (χ3v) is 3.35. The van der Waals surface area contributed by atoms with Gasteiger partial charge in [-0.3, -0.25) is 4.79 Å². The first kappa shape index (κ1) is 15.2. The first-order chi connectivity index (χ1) is 8.99. The van der Waals surface area contributed by atoms with Gasteiger partial charge in [0.15, 0.2) is 5.78 Å². The molecule has 2 N–H and O–H groups in total. The third kappa shape index (κ3) is 4.08. The minimum Gasteiger partial charge on any atom is -0.391 e. The summed E-state index contributed by atoms with van der Waals surface area (Å²) in [5.41, 5.74) is 1.62. The number of hydrogen-bond acceptors (Lipinski definition) is 4. The molecular weight excluding hydrogens is 240 g/mol. The van der Waals surface area contributed by atoms with Crippen LogP contribution in [0.5, 0.6) is 0 Å².